The summed E-state index contributed by atoms with van der Waals surface area (Å²) in [7, 11) is 0. The highest BCUT2D eigenvalue weighted by atomic mass is 16.6. The number of terminal acetylenes is 1. The zero-order chi connectivity index (χ0) is 12.1. The zero-order valence-electron chi connectivity index (χ0n) is 8.34. The molecule has 7 heteroatoms. The molecule has 0 bridgehead atoms. The van der Waals surface area contributed by atoms with Gasteiger partial charge in [-0.15, -0.1) is 11.4 Å². The molecule has 86 valence electrons. The molecule has 1 rings (SSSR count). The third kappa shape index (κ3) is 3.07. The fourth-order valence-corrected chi connectivity index (χ4v) is 1.04. The SMILES string of the molecule is C#Cc1ccc(C(=O)N=C=O)cc1[N+](=O)[O-].O. The van der Waals surface area contributed by atoms with E-state index in [2.05, 4.69) is 10.9 Å². The van der Waals surface area contributed by atoms with Crippen LogP contribution in [0.4, 0.5) is 5.69 Å². The molecular weight excluding hydrogens is 228 g/mol. The maximum Gasteiger partial charge on any atom is 0.287 e. The van der Waals surface area contributed by atoms with Crippen molar-refractivity contribution >= 4 is 17.7 Å². The Balaban J connectivity index is 0.00000256. The van der Waals surface area contributed by atoms with E-state index in [1.807, 2.05) is 0 Å². The van der Waals surface area contributed by atoms with Gasteiger partial charge in [0, 0.05) is 11.6 Å². The Morgan fingerprint density at radius 3 is 2.59 bits per heavy atom. The first kappa shape index (κ1) is 14.2. The van der Waals surface area contributed by atoms with Crippen LogP contribution in [0.3, 0.4) is 0 Å². The predicted molar refractivity (Wildman–Crippen MR) is 57.1 cm³/mol. The van der Waals surface area contributed by atoms with Crippen LogP contribution >= 0.6 is 0 Å². The minimum atomic E-state index is -0.901. The van der Waals surface area contributed by atoms with Crippen LogP contribution < -0.4 is 0 Å². The second-order valence-electron chi connectivity index (χ2n) is 2.64. The maximum atomic E-state index is 11.1. The Kier molecular flexibility index (Phi) is 4.94. The molecule has 0 heterocycles. The Hall–Kier alpha value is -2.81. The molecule has 1 aromatic carbocycles. The van der Waals surface area contributed by atoms with Gasteiger partial charge in [-0.2, -0.15) is 0 Å². The molecule has 0 saturated carbocycles. The Bertz CT molecular complexity index is 552. The standard InChI is InChI=1S/C10H4N2O4.H2O/c1-2-7-3-4-8(10(14)11-6-13)5-9(7)12(15)16;/h1,3-5H;1H2. The fourth-order valence-electron chi connectivity index (χ4n) is 1.04. The minimum Gasteiger partial charge on any atom is -0.412 e. The van der Waals surface area contributed by atoms with E-state index in [9.17, 15) is 19.7 Å². The molecule has 0 fully saturated rings. The van der Waals surface area contributed by atoms with Crippen molar-refractivity contribution in [1.82, 2.24) is 0 Å². The Morgan fingerprint density at radius 2 is 2.12 bits per heavy atom. The number of carbonyl (C=O) groups is 1. The normalized spacial score (nSPS) is 8.18. The number of hydrogen-bond donors (Lipinski definition) is 0. The van der Waals surface area contributed by atoms with Gasteiger partial charge in [0.2, 0.25) is 6.08 Å². The van der Waals surface area contributed by atoms with Crippen molar-refractivity contribution < 1.29 is 20.0 Å². The van der Waals surface area contributed by atoms with E-state index < -0.39 is 10.8 Å². The number of aliphatic imine (C=N–C) groups is 1. The number of hydrogen-bond acceptors (Lipinski definition) is 4. The molecular formula is C10H6N2O5. The average molecular weight is 234 g/mol. The number of nitro benzene ring substituents is 1. The number of rotatable bonds is 2. The number of amides is 1. The Morgan fingerprint density at radius 1 is 1.47 bits per heavy atom. The van der Waals surface area contributed by atoms with Crippen LogP contribution in [0, 0.1) is 22.5 Å². The fraction of sp³-hybridized carbons (Fsp3) is 0. The summed E-state index contributed by atoms with van der Waals surface area (Å²) in [6, 6.07) is 3.47. The lowest BCUT2D eigenvalue weighted by Crippen LogP contribution is -1.98. The molecule has 0 atom stereocenters. The minimum absolute atomic E-state index is 0. The van der Waals surface area contributed by atoms with Crippen molar-refractivity contribution in [2.24, 2.45) is 4.99 Å². The van der Waals surface area contributed by atoms with Crippen LogP contribution in [0.25, 0.3) is 0 Å². The van der Waals surface area contributed by atoms with E-state index in [0.29, 0.717) is 0 Å². The topological polar surface area (TPSA) is 121 Å². The smallest absolute Gasteiger partial charge is 0.287 e. The van der Waals surface area contributed by atoms with E-state index >= 15 is 0 Å². The van der Waals surface area contributed by atoms with E-state index in [0.717, 1.165) is 12.1 Å². The lowest BCUT2D eigenvalue weighted by atomic mass is 10.1. The van der Waals surface area contributed by atoms with Gasteiger partial charge in [-0.25, -0.2) is 4.79 Å². The van der Waals surface area contributed by atoms with Gasteiger partial charge in [-0.3, -0.25) is 14.9 Å². The summed E-state index contributed by atoms with van der Waals surface area (Å²) in [5.41, 5.74) is -0.417. The van der Waals surface area contributed by atoms with Crippen molar-refractivity contribution in [3.8, 4) is 12.3 Å². The van der Waals surface area contributed by atoms with Gasteiger partial charge < -0.3 is 5.48 Å². The highest BCUT2D eigenvalue weighted by Crippen LogP contribution is 2.19. The molecule has 1 aromatic rings. The first-order valence-electron chi connectivity index (χ1n) is 3.97. The van der Waals surface area contributed by atoms with E-state index in [1.54, 1.807) is 0 Å². The lowest BCUT2D eigenvalue weighted by molar-refractivity contribution is -0.385. The molecule has 0 aliphatic carbocycles. The van der Waals surface area contributed by atoms with Gasteiger partial charge in [0.15, 0.2) is 0 Å². The Labute approximate surface area is 95.2 Å². The average Bonchev–Trinajstić information content (AvgIpc) is 2.28. The number of nitrogens with zero attached hydrogens (tertiary/aromatic N) is 2. The van der Waals surface area contributed by atoms with Gasteiger partial charge in [-0.1, -0.05) is 5.92 Å². The molecule has 0 aliphatic rings. The first-order valence-corrected chi connectivity index (χ1v) is 3.97. The van der Waals surface area contributed by atoms with Gasteiger partial charge in [0.05, 0.1) is 4.92 Å². The molecule has 7 nitrogen and oxygen atoms in total. The van der Waals surface area contributed by atoms with Gasteiger partial charge >= 0.3 is 0 Å². The number of isocyanates is 1. The number of carbonyl (C=O) groups excluding carboxylic acids is 2. The van der Waals surface area contributed by atoms with Crippen molar-refractivity contribution in [3.05, 3.63) is 39.4 Å². The van der Waals surface area contributed by atoms with Crippen molar-refractivity contribution in [2.75, 3.05) is 0 Å². The lowest BCUT2D eigenvalue weighted by Gasteiger charge is -1.97. The number of nitro groups is 1. The van der Waals surface area contributed by atoms with Crippen molar-refractivity contribution in [1.29, 1.82) is 0 Å². The third-order valence-electron chi connectivity index (χ3n) is 1.74. The van der Waals surface area contributed by atoms with Crippen LogP contribution in [-0.4, -0.2) is 22.4 Å². The molecule has 0 spiro atoms. The second-order valence-corrected chi connectivity index (χ2v) is 2.64. The van der Waals surface area contributed by atoms with E-state index in [1.165, 1.54) is 12.1 Å². The third-order valence-corrected chi connectivity index (χ3v) is 1.74. The highest BCUT2D eigenvalue weighted by molar-refractivity contribution is 5.98. The molecule has 1 amide bonds. The molecule has 0 radical (unpaired) electrons. The largest absolute Gasteiger partial charge is 0.412 e. The highest BCUT2D eigenvalue weighted by Gasteiger charge is 2.15. The quantitative estimate of drug-likeness (QED) is 0.239. The van der Waals surface area contributed by atoms with E-state index in [-0.39, 0.29) is 22.3 Å². The van der Waals surface area contributed by atoms with Crippen LogP contribution in [-0.2, 0) is 4.79 Å². The number of benzene rings is 1. The molecule has 0 aromatic heterocycles. The first-order chi connectivity index (χ1) is 7.60. The van der Waals surface area contributed by atoms with Crippen molar-refractivity contribution in [3.63, 3.8) is 0 Å². The summed E-state index contributed by atoms with van der Waals surface area (Å²) in [5.74, 6) is 1.21. The summed E-state index contributed by atoms with van der Waals surface area (Å²) in [4.78, 5) is 33.7. The predicted octanol–water partition coefficient (Wildman–Crippen LogP) is 0.227. The van der Waals surface area contributed by atoms with Crippen molar-refractivity contribution in [2.45, 2.75) is 0 Å². The summed E-state index contributed by atoms with van der Waals surface area (Å²) >= 11 is 0. The summed E-state index contributed by atoms with van der Waals surface area (Å²) in [6.07, 6.45) is 6.11. The maximum absolute atomic E-state index is 11.1. The monoisotopic (exact) mass is 234 g/mol. The van der Waals surface area contributed by atoms with Gasteiger partial charge in [-0.05, 0) is 12.1 Å². The molecule has 0 aliphatic heterocycles. The molecule has 0 saturated heterocycles. The zero-order valence-corrected chi connectivity index (χ0v) is 8.34. The van der Waals surface area contributed by atoms with Gasteiger partial charge in [0.25, 0.3) is 11.6 Å². The molecule has 17 heavy (non-hydrogen) atoms. The summed E-state index contributed by atoms with van der Waals surface area (Å²) in [6.45, 7) is 0. The molecule has 2 N–H and O–H groups in total. The van der Waals surface area contributed by atoms with Crippen LogP contribution in [0.5, 0.6) is 0 Å². The van der Waals surface area contributed by atoms with Gasteiger partial charge in [0.1, 0.15) is 5.56 Å². The second kappa shape index (κ2) is 5.92. The van der Waals surface area contributed by atoms with Crippen LogP contribution in [0.15, 0.2) is 23.2 Å². The summed E-state index contributed by atoms with van der Waals surface area (Å²) in [5, 5.41) is 10.6. The summed E-state index contributed by atoms with van der Waals surface area (Å²) < 4.78 is 0. The molecule has 0 unspecified atom stereocenters. The van der Waals surface area contributed by atoms with E-state index in [4.69, 9.17) is 6.42 Å². The van der Waals surface area contributed by atoms with Crippen LogP contribution in [0.2, 0.25) is 0 Å². The van der Waals surface area contributed by atoms with Crippen LogP contribution in [0.1, 0.15) is 15.9 Å².